The van der Waals surface area contributed by atoms with E-state index in [2.05, 4.69) is 6.92 Å². The zero-order chi connectivity index (χ0) is 20.0. The topological polar surface area (TPSA) is 66.9 Å². The van der Waals surface area contributed by atoms with Crippen molar-refractivity contribution in [2.75, 3.05) is 19.8 Å². The Labute approximate surface area is 154 Å². The third-order valence-electron chi connectivity index (χ3n) is 4.97. The van der Waals surface area contributed by atoms with Crippen LogP contribution in [-0.4, -0.2) is 61.2 Å². The normalized spacial score (nSPS) is 16.2. The summed E-state index contributed by atoms with van der Waals surface area (Å²) >= 11 is 0. The summed E-state index contributed by atoms with van der Waals surface area (Å²) in [4.78, 5) is 14.1. The zero-order valence-electron chi connectivity index (χ0n) is 17.5. The highest BCUT2D eigenvalue weighted by Gasteiger charge is 2.36. The Morgan fingerprint density at radius 3 is 2.00 bits per heavy atom. The predicted molar refractivity (Wildman–Crippen MR) is 103 cm³/mol. The van der Waals surface area contributed by atoms with Crippen molar-refractivity contribution >= 4 is 16.1 Å². The highest BCUT2D eigenvalue weighted by molar-refractivity contribution is 7.88. The fourth-order valence-corrected chi connectivity index (χ4v) is 3.90. The maximum atomic E-state index is 12.4. The molecule has 25 heavy (non-hydrogen) atoms. The Balaban J connectivity index is 5.32. The van der Waals surface area contributed by atoms with Crippen molar-refractivity contribution in [1.82, 2.24) is 9.21 Å². The molecule has 0 spiro atoms. The van der Waals surface area contributed by atoms with Crippen LogP contribution in [0.5, 0.6) is 0 Å². The van der Waals surface area contributed by atoms with Crippen LogP contribution < -0.4 is 0 Å². The van der Waals surface area contributed by atoms with Crippen LogP contribution in [0.1, 0.15) is 67.7 Å². The van der Waals surface area contributed by atoms with Gasteiger partial charge in [0.2, 0.25) is 10.0 Å². The van der Waals surface area contributed by atoms with E-state index in [9.17, 15) is 13.2 Å². The Morgan fingerprint density at radius 1 is 1.16 bits per heavy atom. The van der Waals surface area contributed by atoms with E-state index in [-0.39, 0.29) is 24.2 Å². The van der Waals surface area contributed by atoms with Crippen LogP contribution in [0.15, 0.2) is 0 Å². The van der Waals surface area contributed by atoms with Crippen LogP contribution in [0.25, 0.3) is 0 Å². The number of hydrogen-bond donors (Lipinski definition) is 0. The van der Waals surface area contributed by atoms with Crippen LogP contribution in [0, 0.1) is 5.92 Å². The van der Waals surface area contributed by atoms with Crippen LogP contribution >= 0.6 is 0 Å². The van der Waals surface area contributed by atoms with Gasteiger partial charge in [0.05, 0.1) is 12.4 Å². The molecule has 0 aromatic rings. The Bertz CT molecular complexity index is 519. The lowest BCUT2D eigenvalue weighted by Crippen LogP contribution is -2.49. The first-order valence-electron chi connectivity index (χ1n) is 9.19. The number of carbonyl (C=O) groups is 1. The summed E-state index contributed by atoms with van der Waals surface area (Å²) in [6.07, 6.45) is 3.05. The lowest BCUT2D eigenvalue weighted by Gasteiger charge is -2.40. The Morgan fingerprint density at radius 2 is 1.68 bits per heavy atom. The van der Waals surface area contributed by atoms with E-state index >= 15 is 0 Å². The van der Waals surface area contributed by atoms with Crippen molar-refractivity contribution in [3.05, 3.63) is 0 Å². The lowest BCUT2D eigenvalue weighted by atomic mass is 9.85. The summed E-state index contributed by atoms with van der Waals surface area (Å²) in [7, 11) is -1.64. The molecule has 6 nitrogen and oxygen atoms in total. The van der Waals surface area contributed by atoms with Gasteiger partial charge in [0, 0.05) is 25.2 Å². The predicted octanol–water partition coefficient (Wildman–Crippen LogP) is 3.72. The third kappa shape index (κ3) is 7.52. The summed E-state index contributed by atoms with van der Waals surface area (Å²) < 4.78 is 30.8. The molecule has 0 N–H and O–H groups in total. The highest BCUT2D eigenvalue weighted by atomic mass is 32.2. The molecule has 150 valence electrons. The minimum atomic E-state index is -3.28. The minimum Gasteiger partial charge on any atom is -0.447 e. The van der Waals surface area contributed by atoms with Crippen LogP contribution in [0.3, 0.4) is 0 Å². The number of amides is 1. The van der Waals surface area contributed by atoms with Gasteiger partial charge in [-0.1, -0.05) is 20.3 Å². The van der Waals surface area contributed by atoms with Crippen LogP contribution in [-0.2, 0) is 14.8 Å². The average molecular weight is 379 g/mol. The second-order valence-corrected chi connectivity index (χ2v) is 9.75. The van der Waals surface area contributed by atoms with Crippen molar-refractivity contribution in [2.45, 2.75) is 85.4 Å². The number of hydrogen-bond acceptors (Lipinski definition) is 4. The fourth-order valence-electron chi connectivity index (χ4n) is 2.90. The van der Waals surface area contributed by atoms with Gasteiger partial charge in [-0.3, -0.25) is 0 Å². The number of sulfonamides is 1. The molecular weight excluding hydrogens is 340 g/mol. The van der Waals surface area contributed by atoms with Gasteiger partial charge in [-0.15, -0.1) is 0 Å². The molecule has 0 fully saturated rings. The average Bonchev–Trinajstić information content (AvgIpc) is 2.48. The molecule has 2 unspecified atom stereocenters. The summed E-state index contributed by atoms with van der Waals surface area (Å²) in [6.45, 7) is 14.2. The van der Waals surface area contributed by atoms with E-state index in [0.29, 0.717) is 19.4 Å². The van der Waals surface area contributed by atoms with Crippen LogP contribution in [0.4, 0.5) is 4.79 Å². The molecule has 0 bridgehead atoms. The second-order valence-electron chi connectivity index (χ2n) is 7.74. The molecule has 0 heterocycles. The molecule has 0 saturated heterocycles. The molecule has 0 aliphatic rings. The zero-order valence-corrected chi connectivity index (χ0v) is 18.3. The van der Waals surface area contributed by atoms with E-state index in [1.807, 2.05) is 41.5 Å². The highest BCUT2D eigenvalue weighted by Crippen LogP contribution is 2.30. The first-order valence-corrected chi connectivity index (χ1v) is 11.0. The van der Waals surface area contributed by atoms with Crippen molar-refractivity contribution in [3.8, 4) is 0 Å². The van der Waals surface area contributed by atoms with Crippen molar-refractivity contribution in [2.24, 2.45) is 5.92 Å². The monoisotopic (exact) mass is 378 g/mol. The third-order valence-corrected chi connectivity index (χ3v) is 6.41. The van der Waals surface area contributed by atoms with Gasteiger partial charge in [0.15, 0.2) is 0 Å². The standard InChI is InChI=1S/C18H38N2O4S/c1-10-16(12-18(7,11-2)19(8)25(9,22)23)13-20(14(3)4)17(21)24-15(5)6/h14-16H,10-13H2,1-9H3. The molecule has 0 saturated carbocycles. The van der Waals surface area contributed by atoms with Crippen LogP contribution in [0.2, 0.25) is 0 Å². The second kappa shape index (κ2) is 9.76. The van der Waals surface area contributed by atoms with Gasteiger partial charge >= 0.3 is 6.09 Å². The Kier molecular flexibility index (Phi) is 9.44. The molecule has 7 heteroatoms. The van der Waals surface area contributed by atoms with Gasteiger partial charge in [-0.05, 0) is 53.4 Å². The largest absolute Gasteiger partial charge is 0.447 e. The van der Waals surface area contributed by atoms with Crippen molar-refractivity contribution in [3.63, 3.8) is 0 Å². The number of ether oxygens (including phenoxy) is 1. The van der Waals surface area contributed by atoms with Gasteiger partial charge in [-0.25, -0.2) is 13.2 Å². The molecule has 0 aromatic heterocycles. The van der Waals surface area contributed by atoms with Gasteiger partial charge in [-0.2, -0.15) is 4.31 Å². The van der Waals surface area contributed by atoms with Gasteiger partial charge in [0.25, 0.3) is 0 Å². The molecule has 0 radical (unpaired) electrons. The summed E-state index contributed by atoms with van der Waals surface area (Å²) in [5.74, 6) is 0.191. The SMILES string of the molecule is CCC(CN(C(=O)OC(C)C)C(C)C)CC(C)(CC)N(C)S(C)(=O)=O. The quantitative estimate of drug-likeness (QED) is 0.581. The summed E-state index contributed by atoms with van der Waals surface area (Å²) in [5, 5.41) is 0. The molecule has 0 aliphatic carbocycles. The van der Waals surface area contributed by atoms with E-state index in [4.69, 9.17) is 4.74 Å². The van der Waals surface area contributed by atoms with Gasteiger partial charge in [0.1, 0.15) is 0 Å². The maximum absolute atomic E-state index is 12.4. The fraction of sp³-hybridized carbons (Fsp3) is 0.944. The van der Waals surface area contributed by atoms with E-state index < -0.39 is 15.6 Å². The first-order chi connectivity index (χ1) is 11.3. The summed E-state index contributed by atoms with van der Waals surface area (Å²) in [5.41, 5.74) is -0.473. The molecule has 1 amide bonds. The molecule has 0 aliphatic heterocycles. The van der Waals surface area contributed by atoms with E-state index in [1.54, 1.807) is 11.9 Å². The number of carbonyl (C=O) groups excluding carboxylic acids is 1. The molecule has 0 aromatic carbocycles. The van der Waals surface area contributed by atoms with E-state index in [1.165, 1.54) is 10.6 Å². The lowest BCUT2D eigenvalue weighted by molar-refractivity contribution is 0.0567. The first kappa shape index (κ1) is 24.2. The number of rotatable bonds is 10. The minimum absolute atomic E-state index is 0.0285. The maximum Gasteiger partial charge on any atom is 0.410 e. The molecule has 0 rings (SSSR count). The van der Waals surface area contributed by atoms with Crippen molar-refractivity contribution < 1.29 is 17.9 Å². The van der Waals surface area contributed by atoms with Crippen molar-refractivity contribution in [1.29, 1.82) is 0 Å². The molecular formula is C18H38N2O4S. The Hall–Kier alpha value is -0.820. The smallest absolute Gasteiger partial charge is 0.410 e. The van der Waals surface area contributed by atoms with E-state index in [0.717, 1.165) is 6.42 Å². The van der Waals surface area contributed by atoms with Gasteiger partial charge < -0.3 is 9.64 Å². The number of nitrogens with zero attached hydrogens (tertiary/aromatic N) is 2. The summed E-state index contributed by atoms with van der Waals surface area (Å²) in [6, 6.07) is 0.0285. The molecule has 2 atom stereocenters.